The number of hydrogen-bond donors (Lipinski definition) is 0. The average Bonchev–Trinajstić information content (AvgIpc) is 3.24. The van der Waals surface area contributed by atoms with Gasteiger partial charge in [0.1, 0.15) is 0 Å². The molecule has 0 fully saturated rings. The monoisotopic (exact) mass is 358 g/mol. The van der Waals surface area contributed by atoms with Gasteiger partial charge in [-0.15, -0.1) is 23.0 Å². The number of aromatic nitrogens is 3. The molecule has 0 aliphatic rings. The number of para-hydroxylation sites is 1. The fraction of sp³-hybridized carbons (Fsp3) is 0.118. The highest BCUT2D eigenvalue weighted by Gasteiger charge is 2.19. The molecule has 7 heteroatoms. The number of amides is 1. The first-order valence-electron chi connectivity index (χ1n) is 7.29. The molecule has 0 N–H and O–H groups in total. The van der Waals surface area contributed by atoms with Gasteiger partial charge in [0.2, 0.25) is 0 Å². The maximum atomic E-state index is 12.7. The second-order valence-electron chi connectivity index (χ2n) is 5.03. The summed E-state index contributed by atoms with van der Waals surface area (Å²) in [6.45, 7) is 4.60. The van der Waals surface area contributed by atoms with Crippen molar-refractivity contribution in [1.82, 2.24) is 19.9 Å². The van der Waals surface area contributed by atoms with Crippen LogP contribution >= 0.6 is 22.9 Å². The summed E-state index contributed by atoms with van der Waals surface area (Å²) in [5.74, 6) is -0.193. The molecule has 122 valence electrons. The van der Waals surface area contributed by atoms with Crippen molar-refractivity contribution < 1.29 is 4.79 Å². The first kappa shape index (κ1) is 16.4. The van der Waals surface area contributed by atoms with Crippen LogP contribution in [0.15, 0.2) is 61.3 Å². The van der Waals surface area contributed by atoms with E-state index in [-0.39, 0.29) is 5.91 Å². The lowest BCUT2D eigenvalue weighted by atomic mass is 10.3. The molecule has 1 aromatic carbocycles. The Labute approximate surface area is 148 Å². The number of halogens is 1. The van der Waals surface area contributed by atoms with E-state index in [1.807, 2.05) is 42.5 Å². The van der Waals surface area contributed by atoms with Crippen LogP contribution < -0.4 is 0 Å². The van der Waals surface area contributed by atoms with Crippen molar-refractivity contribution in [2.75, 3.05) is 6.54 Å². The Hall–Kier alpha value is -2.44. The second-order valence-corrected chi connectivity index (χ2v) is 6.83. The molecule has 2 aromatic heterocycles. The Kier molecular flexibility index (Phi) is 5.08. The molecule has 3 rings (SSSR count). The molecule has 0 aliphatic carbocycles. The molecular formula is C17H15ClN4OS. The lowest BCUT2D eigenvalue weighted by Crippen LogP contribution is -2.30. The normalized spacial score (nSPS) is 10.5. The van der Waals surface area contributed by atoms with Gasteiger partial charge in [0.25, 0.3) is 5.91 Å². The van der Waals surface area contributed by atoms with Crippen LogP contribution in [0.25, 0.3) is 5.69 Å². The average molecular weight is 359 g/mol. The molecule has 24 heavy (non-hydrogen) atoms. The Morgan fingerprint density at radius 3 is 2.75 bits per heavy atom. The van der Waals surface area contributed by atoms with E-state index < -0.39 is 0 Å². The third-order valence-corrected chi connectivity index (χ3v) is 4.53. The number of benzene rings is 1. The van der Waals surface area contributed by atoms with Crippen molar-refractivity contribution in [2.45, 2.75) is 6.54 Å². The minimum absolute atomic E-state index is 0.193. The van der Waals surface area contributed by atoms with Gasteiger partial charge < -0.3 is 4.90 Å². The predicted molar refractivity (Wildman–Crippen MR) is 95.6 cm³/mol. The number of thiophene rings is 1. The molecule has 0 saturated carbocycles. The van der Waals surface area contributed by atoms with Crippen molar-refractivity contribution in [3.63, 3.8) is 0 Å². The summed E-state index contributed by atoms with van der Waals surface area (Å²) in [5.41, 5.74) is 1.10. The Balaban J connectivity index is 1.80. The highest BCUT2D eigenvalue weighted by atomic mass is 35.5. The molecule has 3 aromatic rings. The summed E-state index contributed by atoms with van der Waals surface area (Å²) < 4.78 is 0.700. The molecule has 0 atom stereocenters. The number of rotatable bonds is 6. The van der Waals surface area contributed by atoms with Crippen molar-refractivity contribution in [2.24, 2.45) is 0 Å². The zero-order chi connectivity index (χ0) is 16.9. The molecule has 5 nitrogen and oxygen atoms in total. The maximum Gasteiger partial charge on any atom is 0.276 e. The quantitative estimate of drug-likeness (QED) is 0.629. The summed E-state index contributed by atoms with van der Waals surface area (Å²) in [6, 6.07) is 13.2. The van der Waals surface area contributed by atoms with Gasteiger partial charge in [-0.05, 0) is 24.3 Å². The van der Waals surface area contributed by atoms with E-state index in [9.17, 15) is 4.79 Å². The zero-order valence-electron chi connectivity index (χ0n) is 12.8. The number of carbonyl (C=O) groups excluding carboxylic acids is 1. The van der Waals surface area contributed by atoms with Crippen LogP contribution in [0.4, 0.5) is 0 Å². The SMILES string of the molecule is C=CCN(Cc1ccc(Cl)s1)C(=O)c1cnn(-c2ccccc2)n1. The van der Waals surface area contributed by atoms with E-state index in [2.05, 4.69) is 16.8 Å². The Bertz CT molecular complexity index is 843. The van der Waals surface area contributed by atoms with Gasteiger partial charge in [0.15, 0.2) is 5.69 Å². The lowest BCUT2D eigenvalue weighted by molar-refractivity contribution is 0.0758. The lowest BCUT2D eigenvalue weighted by Gasteiger charge is -2.18. The molecule has 1 amide bonds. The van der Waals surface area contributed by atoms with Crippen LogP contribution in [-0.4, -0.2) is 32.3 Å². The van der Waals surface area contributed by atoms with Crippen LogP contribution in [0.1, 0.15) is 15.4 Å². The highest BCUT2D eigenvalue weighted by Crippen LogP contribution is 2.23. The van der Waals surface area contributed by atoms with Gasteiger partial charge in [-0.2, -0.15) is 9.90 Å². The van der Waals surface area contributed by atoms with Crippen LogP contribution in [0.5, 0.6) is 0 Å². The molecule has 0 saturated heterocycles. The van der Waals surface area contributed by atoms with Crippen LogP contribution in [-0.2, 0) is 6.54 Å². The zero-order valence-corrected chi connectivity index (χ0v) is 14.4. The summed E-state index contributed by atoms with van der Waals surface area (Å²) in [6.07, 6.45) is 3.17. The standard InChI is InChI=1S/C17H15ClN4OS/c1-2-10-21(12-14-8-9-16(18)24-14)17(23)15-11-19-22(20-15)13-6-4-3-5-7-13/h2-9,11H,1,10,12H2. The third-order valence-electron chi connectivity index (χ3n) is 3.31. The Morgan fingerprint density at radius 2 is 2.08 bits per heavy atom. The summed E-state index contributed by atoms with van der Waals surface area (Å²) in [7, 11) is 0. The van der Waals surface area contributed by atoms with E-state index in [1.165, 1.54) is 22.3 Å². The third kappa shape index (κ3) is 3.72. The topological polar surface area (TPSA) is 51.0 Å². The molecule has 0 radical (unpaired) electrons. The van der Waals surface area contributed by atoms with Crippen molar-refractivity contribution in [3.8, 4) is 5.69 Å². The first-order valence-corrected chi connectivity index (χ1v) is 8.49. The number of nitrogens with zero attached hydrogens (tertiary/aromatic N) is 4. The largest absolute Gasteiger partial charge is 0.328 e. The van der Waals surface area contributed by atoms with Gasteiger partial charge in [-0.25, -0.2) is 0 Å². The Morgan fingerprint density at radius 1 is 1.29 bits per heavy atom. The minimum atomic E-state index is -0.193. The van der Waals surface area contributed by atoms with Gasteiger partial charge in [0, 0.05) is 11.4 Å². The minimum Gasteiger partial charge on any atom is -0.328 e. The van der Waals surface area contributed by atoms with Crippen LogP contribution in [0.2, 0.25) is 4.34 Å². The van der Waals surface area contributed by atoms with E-state index in [4.69, 9.17) is 11.6 Å². The number of hydrogen-bond acceptors (Lipinski definition) is 4. The fourth-order valence-electron chi connectivity index (χ4n) is 2.21. The highest BCUT2D eigenvalue weighted by molar-refractivity contribution is 7.16. The summed E-state index contributed by atoms with van der Waals surface area (Å²) in [4.78, 5) is 16.8. The fourth-order valence-corrected chi connectivity index (χ4v) is 3.31. The van der Waals surface area contributed by atoms with Crippen molar-refractivity contribution >= 4 is 28.8 Å². The van der Waals surface area contributed by atoms with Gasteiger partial charge >= 0.3 is 0 Å². The predicted octanol–water partition coefficient (Wildman–Crippen LogP) is 3.81. The van der Waals surface area contributed by atoms with Crippen LogP contribution in [0, 0.1) is 0 Å². The van der Waals surface area contributed by atoms with E-state index in [1.54, 1.807) is 11.0 Å². The van der Waals surface area contributed by atoms with Crippen LogP contribution in [0.3, 0.4) is 0 Å². The molecule has 2 heterocycles. The van der Waals surface area contributed by atoms with Crippen molar-refractivity contribution in [3.05, 3.63) is 76.2 Å². The van der Waals surface area contributed by atoms with E-state index >= 15 is 0 Å². The molecule has 0 bridgehead atoms. The van der Waals surface area contributed by atoms with Crippen molar-refractivity contribution in [1.29, 1.82) is 0 Å². The molecular weight excluding hydrogens is 344 g/mol. The maximum absolute atomic E-state index is 12.7. The molecule has 0 aliphatic heterocycles. The first-order chi connectivity index (χ1) is 11.7. The summed E-state index contributed by atoms with van der Waals surface area (Å²) in [5, 5.41) is 8.46. The van der Waals surface area contributed by atoms with Gasteiger partial charge in [-0.3, -0.25) is 4.79 Å². The second kappa shape index (κ2) is 7.42. The summed E-state index contributed by atoms with van der Waals surface area (Å²) >= 11 is 7.41. The van der Waals surface area contributed by atoms with E-state index in [0.29, 0.717) is 23.1 Å². The molecule has 0 unspecified atom stereocenters. The van der Waals surface area contributed by atoms with Gasteiger partial charge in [0.05, 0.1) is 22.8 Å². The van der Waals surface area contributed by atoms with E-state index in [0.717, 1.165) is 10.6 Å². The smallest absolute Gasteiger partial charge is 0.276 e. The molecule has 0 spiro atoms. The van der Waals surface area contributed by atoms with Gasteiger partial charge in [-0.1, -0.05) is 35.9 Å². The number of carbonyl (C=O) groups is 1.